The van der Waals surface area contributed by atoms with Gasteiger partial charge in [-0.2, -0.15) is 0 Å². The number of amides is 1. The zero-order valence-electron chi connectivity index (χ0n) is 16.2. The average Bonchev–Trinajstić information content (AvgIpc) is 3.27. The van der Waals surface area contributed by atoms with Crippen LogP contribution in [0.4, 0.5) is 5.82 Å². The van der Waals surface area contributed by atoms with E-state index in [-0.39, 0.29) is 0 Å². The standard InChI is InChI=1S/C21H23N5O2S/c1-11-4-5-14-16(7-11)29-21-17(14)20(26-10-13(27)8-15(26)18(22)28)24-19(25-21)12-3-2-6-23-9-12/h2-3,6,9,11,13,15,27H,4-5,7-8,10H2,1H3,(H2,22,28)/t11-,13+,15-/m1/s1. The Labute approximate surface area is 172 Å². The van der Waals surface area contributed by atoms with Crippen molar-refractivity contribution in [3.8, 4) is 11.4 Å². The first-order valence-electron chi connectivity index (χ1n) is 9.98. The van der Waals surface area contributed by atoms with Crippen molar-refractivity contribution in [2.75, 3.05) is 11.4 Å². The van der Waals surface area contributed by atoms with Crippen LogP contribution >= 0.6 is 11.3 Å². The van der Waals surface area contributed by atoms with Gasteiger partial charge in [0.2, 0.25) is 5.91 Å². The fourth-order valence-corrected chi connectivity index (χ4v) is 5.85. The lowest BCUT2D eigenvalue weighted by atomic mass is 9.89. The second-order valence-corrected chi connectivity index (χ2v) is 9.19. The van der Waals surface area contributed by atoms with Crippen LogP contribution in [0, 0.1) is 5.92 Å². The van der Waals surface area contributed by atoms with E-state index >= 15 is 0 Å². The first kappa shape index (κ1) is 18.4. The van der Waals surface area contributed by atoms with Crippen LogP contribution < -0.4 is 10.6 Å². The molecule has 3 N–H and O–H groups in total. The van der Waals surface area contributed by atoms with Crippen LogP contribution in [-0.4, -0.2) is 44.7 Å². The zero-order chi connectivity index (χ0) is 20.1. The minimum Gasteiger partial charge on any atom is -0.391 e. The van der Waals surface area contributed by atoms with Crippen LogP contribution in [0.3, 0.4) is 0 Å². The van der Waals surface area contributed by atoms with Crippen LogP contribution in [-0.2, 0) is 17.6 Å². The Morgan fingerprint density at radius 3 is 3.00 bits per heavy atom. The molecule has 2 aliphatic rings. The highest BCUT2D eigenvalue weighted by Crippen LogP contribution is 2.43. The summed E-state index contributed by atoms with van der Waals surface area (Å²) in [5.41, 5.74) is 7.79. The molecule has 1 saturated heterocycles. The molecule has 3 aromatic rings. The van der Waals surface area contributed by atoms with Crippen LogP contribution in [0.15, 0.2) is 24.5 Å². The number of carbonyl (C=O) groups is 1. The van der Waals surface area contributed by atoms with Crippen molar-refractivity contribution >= 4 is 33.3 Å². The number of nitrogens with zero attached hydrogens (tertiary/aromatic N) is 4. The number of anilines is 1. The lowest BCUT2D eigenvalue weighted by Gasteiger charge is -2.25. The number of aryl methyl sites for hydroxylation is 1. The summed E-state index contributed by atoms with van der Waals surface area (Å²) in [5, 5.41) is 11.3. The number of hydrogen-bond acceptors (Lipinski definition) is 7. The van der Waals surface area contributed by atoms with Crippen LogP contribution in [0.5, 0.6) is 0 Å². The molecule has 29 heavy (non-hydrogen) atoms. The van der Waals surface area contributed by atoms with E-state index in [0.29, 0.717) is 30.5 Å². The highest BCUT2D eigenvalue weighted by Gasteiger charge is 2.38. The summed E-state index contributed by atoms with van der Waals surface area (Å²) in [5.74, 6) is 1.50. The highest BCUT2D eigenvalue weighted by molar-refractivity contribution is 7.19. The van der Waals surface area contributed by atoms with E-state index in [1.165, 1.54) is 10.4 Å². The van der Waals surface area contributed by atoms with Gasteiger partial charge in [0, 0.05) is 35.8 Å². The Balaban J connectivity index is 1.74. The molecule has 1 aliphatic carbocycles. The Morgan fingerprint density at radius 2 is 2.24 bits per heavy atom. The number of aromatic nitrogens is 3. The molecule has 0 spiro atoms. The van der Waals surface area contributed by atoms with Gasteiger partial charge in [-0.1, -0.05) is 6.92 Å². The molecule has 4 heterocycles. The van der Waals surface area contributed by atoms with Gasteiger partial charge in [0.05, 0.1) is 11.5 Å². The molecule has 1 fully saturated rings. The van der Waals surface area contributed by atoms with Crippen molar-refractivity contribution in [3.63, 3.8) is 0 Å². The number of thiophene rings is 1. The third-order valence-electron chi connectivity index (χ3n) is 5.94. The minimum absolute atomic E-state index is 0.326. The summed E-state index contributed by atoms with van der Waals surface area (Å²) in [4.78, 5) is 30.2. The largest absolute Gasteiger partial charge is 0.391 e. The topological polar surface area (TPSA) is 105 Å². The summed E-state index contributed by atoms with van der Waals surface area (Å²) in [6.07, 6.45) is 6.33. The first-order valence-corrected chi connectivity index (χ1v) is 10.8. The smallest absolute Gasteiger partial charge is 0.240 e. The molecule has 7 nitrogen and oxygen atoms in total. The van der Waals surface area contributed by atoms with Gasteiger partial charge in [-0.05, 0) is 42.9 Å². The van der Waals surface area contributed by atoms with Crippen molar-refractivity contribution in [2.45, 2.75) is 44.8 Å². The molecule has 150 valence electrons. The highest BCUT2D eigenvalue weighted by atomic mass is 32.1. The SMILES string of the molecule is C[C@@H]1CCc2c(sc3nc(-c4cccnc4)nc(N4C[C@@H](O)C[C@@H]4C(N)=O)c23)C1. The summed E-state index contributed by atoms with van der Waals surface area (Å²) >= 11 is 1.72. The van der Waals surface area contributed by atoms with Crippen molar-refractivity contribution in [3.05, 3.63) is 35.0 Å². The number of carbonyl (C=O) groups excluding carboxylic acids is 1. The Kier molecular flexibility index (Phi) is 4.48. The summed E-state index contributed by atoms with van der Waals surface area (Å²) in [7, 11) is 0. The number of fused-ring (bicyclic) bond motifs is 3. The van der Waals surface area contributed by atoms with Gasteiger partial charge in [0.15, 0.2) is 5.82 Å². The average molecular weight is 410 g/mol. The molecule has 1 amide bonds. The number of β-amino-alcohol motifs (C(OH)–C–C–N with tert-alkyl or cyclic N) is 1. The van der Waals surface area contributed by atoms with E-state index in [0.717, 1.165) is 35.0 Å². The van der Waals surface area contributed by atoms with Crippen molar-refractivity contribution in [1.82, 2.24) is 15.0 Å². The summed E-state index contributed by atoms with van der Waals surface area (Å²) in [6.45, 7) is 2.62. The number of aliphatic hydroxyl groups excluding tert-OH is 1. The monoisotopic (exact) mass is 409 g/mol. The maximum absolute atomic E-state index is 12.1. The molecule has 0 aromatic carbocycles. The van der Waals surface area contributed by atoms with Gasteiger partial charge in [-0.3, -0.25) is 9.78 Å². The lowest BCUT2D eigenvalue weighted by molar-refractivity contribution is -0.119. The van der Waals surface area contributed by atoms with Crippen LogP contribution in [0.2, 0.25) is 0 Å². The number of aliphatic hydroxyl groups is 1. The molecule has 5 rings (SSSR count). The van der Waals surface area contributed by atoms with Crippen molar-refractivity contribution in [2.24, 2.45) is 11.7 Å². The second kappa shape index (κ2) is 7.03. The molecule has 0 radical (unpaired) electrons. The fraction of sp³-hybridized carbons (Fsp3) is 0.429. The van der Waals surface area contributed by atoms with E-state index in [4.69, 9.17) is 15.7 Å². The Hall–Kier alpha value is -2.58. The van der Waals surface area contributed by atoms with Crippen LogP contribution in [0.25, 0.3) is 21.6 Å². The molecule has 0 saturated carbocycles. The maximum Gasteiger partial charge on any atom is 0.240 e. The van der Waals surface area contributed by atoms with Gasteiger partial charge in [0.25, 0.3) is 0 Å². The molecule has 0 bridgehead atoms. The maximum atomic E-state index is 12.1. The Morgan fingerprint density at radius 1 is 1.38 bits per heavy atom. The second-order valence-electron chi connectivity index (χ2n) is 8.10. The number of hydrogen-bond donors (Lipinski definition) is 2. The first-order chi connectivity index (χ1) is 14.0. The van der Waals surface area contributed by atoms with Gasteiger partial charge >= 0.3 is 0 Å². The fourth-order valence-electron chi connectivity index (χ4n) is 4.47. The van der Waals surface area contributed by atoms with Crippen LogP contribution in [0.1, 0.15) is 30.2 Å². The van der Waals surface area contributed by atoms with E-state index in [9.17, 15) is 9.90 Å². The Bertz CT molecular complexity index is 1080. The van der Waals surface area contributed by atoms with Gasteiger partial charge in [-0.15, -0.1) is 11.3 Å². The van der Waals surface area contributed by atoms with E-state index in [1.54, 1.807) is 23.7 Å². The third kappa shape index (κ3) is 3.16. The van der Waals surface area contributed by atoms with Gasteiger partial charge in [0.1, 0.15) is 16.7 Å². The summed E-state index contributed by atoms with van der Waals surface area (Å²) in [6, 6.07) is 3.22. The molecule has 3 aromatic heterocycles. The number of primary amides is 1. The lowest BCUT2D eigenvalue weighted by Crippen LogP contribution is -2.41. The normalized spacial score (nSPS) is 24.1. The molecule has 0 unspecified atom stereocenters. The van der Waals surface area contributed by atoms with Gasteiger partial charge in [-0.25, -0.2) is 9.97 Å². The van der Waals surface area contributed by atoms with E-state index in [1.807, 2.05) is 17.0 Å². The summed E-state index contributed by atoms with van der Waals surface area (Å²) < 4.78 is 0. The quantitative estimate of drug-likeness (QED) is 0.688. The number of pyridine rings is 1. The van der Waals surface area contributed by atoms with E-state index in [2.05, 4.69) is 11.9 Å². The molecule has 3 atom stereocenters. The molecule has 1 aliphatic heterocycles. The van der Waals surface area contributed by atoms with E-state index < -0.39 is 18.1 Å². The predicted molar refractivity (Wildman–Crippen MR) is 113 cm³/mol. The van der Waals surface area contributed by atoms with Crippen molar-refractivity contribution < 1.29 is 9.90 Å². The third-order valence-corrected chi connectivity index (χ3v) is 7.08. The predicted octanol–water partition coefficient (Wildman–Crippen LogP) is 2.30. The molecular formula is C21H23N5O2S. The minimum atomic E-state index is -0.603. The van der Waals surface area contributed by atoms with Gasteiger partial charge < -0.3 is 15.7 Å². The number of nitrogens with two attached hydrogens (primary N) is 1. The molecule has 8 heteroatoms. The molecular weight excluding hydrogens is 386 g/mol. The number of rotatable bonds is 3. The zero-order valence-corrected chi connectivity index (χ0v) is 17.0. The van der Waals surface area contributed by atoms with Crippen molar-refractivity contribution in [1.29, 1.82) is 0 Å².